The van der Waals surface area contributed by atoms with Crippen molar-refractivity contribution in [3.05, 3.63) is 0 Å². The number of nitrogens with one attached hydrogen (secondary N) is 1. The Balaban J connectivity index is 1.82. The molecule has 2 saturated heterocycles. The van der Waals surface area contributed by atoms with Crippen LogP contribution in [-0.4, -0.2) is 49.8 Å². The van der Waals surface area contributed by atoms with Gasteiger partial charge in [0.1, 0.15) is 0 Å². The van der Waals surface area contributed by atoms with Gasteiger partial charge in [-0.2, -0.15) is 0 Å². The van der Waals surface area contributed by atoms with Gasteiger partial charge in [-0.05, 0) is 38.3 Å². The number of hydrogen-bond donors (Lipinski definition) is 1. The van der Waals surface area contributed by atoms with E-state index in [1.54, 1.807) is 0 Å². The zero-order valence-corrected chi connectivity index (χ0v) is 10.7. The second kappa shape index (κ2) is 5.99. The van der Waals surface area contributed by atoms with Crippen molar-refractivity contribution in [2.75, 3.05) is 32.8 Å². The fourth-order valence-corrected chi connectivity index (χ4v) is 2.99. The number of hydrogen-bond acceptors (Lipinski definition) is 3. The lowest BCUT2D eigenvalue weighted by Gasteiger charge is -2.37. The third-order valence-corrected chi connectivity index (χ3v) is 3.93. The van der Waals surface area contributed by atoms with E-state index in [9.17, 15) is 0 Å². The van der Waals surface area contributed by atoms with E-state index in [1.165, 1.54) is 25.8 Å². The Bertz CT molecular complexity index is 204. The number of ether oxygens (including phenoxy) is 1. The number of likely N-dealkylation sites (N-methyl/N-ethyl adjacent to an activating group) is 1. The summed E-state index contributed by atoms with van der Waals surface area (Å²) >= 11 is 0. The Kier molecular flexibility index (Phi) is 4.62. The highest BCUT2D eigenvalue weighted by atomic mass is 16.5. The van der Waals surface area contributed by atoms with E-state index < -0.39 is 0 Å². The van der Waals surface area contributed by atoms with Crippen LogP contribution in [0, 0.1) is 5.92 Å². The smallest absolute Gasteiger partial charge is 0.0702 e. The first-order valence-electron chi connectivity index (χ1n) is 6.86. The maximum Gasteiger partial charge on any atom is 0.0702 e. The summed E-state index contributed by atoms with van der Waals surface area (Å²) in [6.45, 7) is 10.2. The summed E-state index contributed by atoms with van der Waals surface area (Å²) in [7, 11) is 0. The molecular formula is C13H26N2O. The van der Waals surface area contributed by atoms with Crippen LogP contribution in [0.25, 0.3) is 0 Å². The van der Waals surface area contributed by atoms with Crippen molar-refractivity contribution < 1.29 is 4.74 Å². The minimum atomic E-state index is 0.497. The molecule has 2 aliphatic rings. The lowest BCUT2D eigenvalue weighted by Crippen LogP contribution is -2.50. The molecular weight excluding hydrogens is 200 g/mol. The molecule has 0 spiro atoms. The molecule has 0 aromatic rings. The number of rotatable bonds is 4. The summed E-state index contributed by atoms with van der Waals surface area (Å²) in [6.07, 6.45) is 4.35. The summed E-state index contributed by atoms with van der Waals surface area (Å²) in [5.74, 6) is 0.817. The maximum absolute atomic E-state index is 5.74. The van der Waals surface area contributed by atoms with E-state index in [1.807, 2.05) is 0 Å². The first-order valence-corrected chi connectivity index (χ1v) is 6.86. The monoisotopic (exact) mass is 226 g/mol. The van der Waals surface area contributed by atoms with Crippen molar-refractivity contribution in [3.63, 3.8) is 0 Å². The summed E-state index contributed by atoms with van der Waals surface area (Å²) in [5, 5.41) is 3.54. The van der Waals surface area contributed by atoms with Gasteiger partial charge >= 0.3 is 0 Å². The van der Waals surface area contributed by atoms with Crippen LogP contribution >= 0.6 is 0 Å². The molecule has 16 heavy (non-hydrogen) atoms. The second-order valence-corrected chi connectivity index (χ2v) is 5.38. The highest BCUT2D eigenvalue weighted by Crippen LogP contribution is 2.19. The van der Waals surface area contributed by atoms with Crippen molar-refractivity contribution in [2.45, 2.75) is 45.3 Å². The fourth-order valence-electron chi connectivity index (χ4n) is 2.99. The van der Waals surface area contributed by atoms with E-state index in [0.717, 1.165) is 38.2 Å². The van der Waals surface area contributed by atoms with E-state index in [-0.39, 0.29) is 0 Å². The molecule has 3 heteroatoms. The zero-order chi connectivity index (χ0) is 11.4. The third-order valence-electron chi connectivity index (χ3n) is 3.93. The van der Waals surface area contributed by atoms with Crippen molar-refractivity contribution in [1.29, 1.82) is 0 Å². The molecule has 1 N–H and O–H groups in total. The van der Waals surface area contributed by atoms with E-state index in [2.05, 4.69) is 24.1 Å². The summed E-state index contributed by atoms with van der Waals surface area (Å²) in [5.41, 5.74) is 0. The van der Waals surface area contributed by atoms with E-state index in [4.69, 9.17) is 4.74 Å². The van der Waals surface area contributed by atoms with Crippen LogP contribution < -0.4 is 5.32 Å². The molecule has 0 radical (unpaired) electrons. The number of nitrogens with zero attached hydrogens (tertiary/aromatic N) is 1. The molecule has 0 amide bonds. The predicted octanol–water partition coefficient (Wildman–Crippen LogP) is 1.49. The van der Waals surface area contributed by atoms with Crippen molar-refractivity contribution >= 4 is 0 Å². The normalized spacial score (nSPS) is 35.8. The minimum Gasteiger partial charge on any atom is -0.377 e. The van der Waals surface area contributed by atoms with Gasteiger partial charge in [0, 0.05) is 25.7 Å². The largest absolute Gasteiger partial charge is 0.377 e. The Morgan fingerprint density at radius 2 is 2.25 bits per heavy atom. The maximum atomic E-state index is 5.74. The lowest BCUT2D eigenvalue weighted by molar-refractivity contribution is 0.0495. The first-order chi connectivity index (χ1) is 7.79. The summed E-state index contributed by atoms with van der Waals surface area (Å²) in [6, 6.07) is 0.720. The average molecular weight is 226 g/mol. The molecule has 2 aliphatic heterocycles. The molecule has 0 aromatic carbocycles. The first kappa shape index (κ1) is 12.3. The molecule has 0 bridgehead atoms. The minimum absolute atomic E-state index is 0.497. The van der Waals surface area contributed by atoms with Crippen LogP contribution in [0.1, 0.15) is 33.1 Å². The molecule has 94 valence electrons. The van der Waals surface area contributed by atoms with Gasteiger partial charge in [0.2, 0.25) is 0 Å². The van der Waals surface area contributed by atoms with Crippen molar-refractivity contribution in [2.24, 2.45) is 5.92 Å². The van der Waals surface area contributed by atoms with Crippen LogP contribution in [0.5, 0.6) is 0 Å². The zero-order valence-electron chi connectivity index (χ0n) is 10.7. The van der Waals surface area contributed by atoms with Gasteiger partial charge in [0.25, 0.3) is 0 Å². The molecule has 0 saturated carbocycles. The average Bonchev–Trinajstić information content (AvgIpc) is 2.78. The fraction of sp³-hybridized carbons (Fsp3) is 1.00. The van der Waals surface area contributed by atoms with Crippen LogP contribution in [0.15, 0.2) is 0 Å². The highest BCUT2D eigenvalue weighted by Gasteiger charge is 2.26. The quantitative estimate of drug-likeness (QED) is 0.786. The predicted molar refractivity (Wildman–Crippen MR) is 66.7 cm³/mol. The van der Waals surface area contributed by atoms with Crippen molar-refractivity contribution in [3.8, 4) is 0 Å². The number of piperidine rings is 1. The Labute approximate surface area is 99.5 Å². The Morgan fingerprint density at radius 1 is 1.38 bits per heavy atom. The van der Waals surface area contributed by atoms with Gasteiger partial charge in [-0.25, -0.2) is 0 Å². The molecule has 2 rings (SSSR count). The Morgan fingerprint density at radius 3 is 2.88 bits per heavy atom. The Hall–Kier alpha value is -0.120. The van der Waals surface area contributed by atoms with Crippen molar-refractivity contribution in [1.82, 2.24) is 10.2 Å². The summed E-state index contributed by atoms with van der Waals surface area (Å²) in [4.78, 5) is 2.61. The third kappa shape index (κ3) is 3.19. The van der Waals surface area contributed by atoms with Crippen LogP contribution in [0.3, 0.4) is 0 Å². The molecule has 2 fully saturated rings. The topological polar surface area (TPSA) is 24.5 Å². The molecule has 0 aliphatic carbocycles. The van der Waals surface area contributed by atoms with Gasteiger partial charge < -0.3 is 10.1 Å². The molecule has 3 atom stereocenters. The molecule has 0 aromatic heterocycles. The van der Waals surface area contributed by atoms with Crippen LogP contribution in [-0.2, 0) is 4.74 Å². The summed E-state index contributed by atoms with van der Waals surface area (Å²) < 4.78 is 5.74. The molecule has 3 unspecified atom stereocenters. The highest BCUT2D eigenvalue weighted by molar-refractivity contribution is 4.83. The van der Waals surface area contributed by atoms with Gasteiger partial charge in [-0.15, -0.1) is 0 Å². The van der Waals surface area contributed by atoms with Gasteiger partial charge in [-0.1, -0.05) is 13.8 Å². The van der Waals surface area contributed by atoms with Gasteiger partial charge in [0.05, 0.1) is 6.10 Å². The lowest BCUT2D eigenvalue weighted by atomic mass is 9.96. The van der Waals surface area contributed by atoms with Gasteiger partial charge in [-0.3, -0.25) is 4.90 Å². The standard InChI is InChI=1S/C13H26N2O/c1-3-15(10-13-5-4-6-16-13)12-7-11(2)8-14-9-12/h11-14H,3-10H2,1-2H3. The van der Waals surface area contributed by atoms with Crippen LogP contribution in [0.4, 0.5) is 0 Å². The van der Waals surface area contributed by atoms with Crippen LogP contribution in [0.2, 0.25) is 0 Å². The van der Waals surface area contributed by atoms with E-state index >= 15 is 0 Å². The van der Waals surface area contributed by atoms with E-state index in [0.29, 0.717) is 6.10 Å². The molecule has 2 heterocycles. The SMILES string of the molecule is CCN(CC1CCCO1)C1CNCC(C)C1. The second-order valence-electron chi connectivity index (χ2n) is 5.38. The molecule has 3 nitrogen and oxygen atoms in total. The van der Waals surface area contributed by atoms with Gasteiger partial charge in [0.15, 0.2) is 0 Å².